The van der Waals surface area contributed by atoms with Gasteiger partial charge in [0.2, 0.25) is 11.8 Å². The van der Waals surface area contributed by atoms with E-state index in [1.54, 1.807) is 4.90 Å². The van der Waals surface area contributed by atoms with Crippen LogP contribution in [-0.2, 0) is 14.3 Å². The maximum atomic E-state index is 12.2. The summed E-state index contributed by atoms with van der Waals surface area (Å²) in [6.07, 6.45) is 5.88. The Balaban J connectivity index is 1.94. The fourth-order valence-electron chi connectivity index (χ4n) is 3.94. The van der Waals surface area contributed by atoms with Crippen LogP contribution in [-0.4, -0.2) is 55.6 Å². The first-order chi connectivity index (χ1) is 10.0. The van der Waals surface area contributed by atoms with Crippen LogP contribution >= 0.6 is 0 Å². The maximum absolute atomic E-state index is 12.2. The van der Waals surface area contributed by atoms with Gasteiger partial charge in [0.05, 0.1) is 19.2 Å². The average Bonchev–Trinajstić information content (AvgIpc) is 3.00. The third kappa shape index (κ3) is 3.06. The number of hydrogen-bond acceptors (Lipinski definition) is 4. The molecule has 0 bridgehead atoms. The summed E-state index contributed by atoms with van der Waals surface area (Å²) in [7, 11) is 1.84. The Kier molecular flexibility index (Phi) is 5.22. The minimum Gasteiger partial charge on any atom is -0.378 e. The summed E-state index contributed by atoms with van der Waals surface area (Å²) in [5, 5.41) is 2.55. The van der Waals surface area contributed by atoms with Crippen LogP contribution in [0.1, 0.15) is 39.0 Å². The van der Waals surface area contributed by atoms with Gasteiger partial charge in [0.25, 0.3) is 0 Å². The second-order valence-corrected chi connectivity index (χ2v) is 6.12. The summed E-state index contributed by atoms with van der Waals surface area (Å²) in [5.41, 5.74) is 5.36. The number of nitrogens with zero attached hydrogens (tertiary/aromatic N) is 1. The summed E-state index contributed by atoms with van der Waals surface area (Å²) in [6.45, 7) is 2.69. The summed E-state index contributed by atoms with van der Waals surface area (Å²) in [6, 6.07) is 0.235. The standard InChI is InChI=1S/C15H27N3O3/c1-3-21-12-8-11(15(12)6-4-5-7-15)18(2)14(20)10-17-13(19)9-16/h11-12H,3-10,16H2,1-2H3,(H,17,19). The Morgan fingerprint density at radius 2 is 2.05 bits per heavy atom. The molecule has 0 aromatic carbocycles. The van der Waals surface area contributed by atoms with Crippen LogP contribution in [0.15, 0.2) is 0 Å². The molecule has 1 spiro atoms. The predicted octanol–water partition coefficient (Wildman–Crippen LogP) is 0.258. The SMILES string of the molecule is CCOC1CC(N(C)C(=O)CNC(=O)CN)C12CCCC2. The molecule has 2 aliphatic rings. The second-order valence-electron chi connectivity index (χ2n) is 6.12. The first-order valence-corrected chi connectivity index (χ1v) is 7.89. The number of likely N-dealkylation sites (N-methyl/N-ethyl adjacent to an activating group) is 1. The van der Waals surface area contributed by atoms with E-state index in [2.05, 4.69) is 5.32 Å². The molecule has 0 heterocycles. The van der Waals surface area contributed by atoms with Crippen LogP contribution in [0.25, 0.3) is 0 Å². The number of amides is 2. The zero-order valence-electron chi connectivity index (χ0n) is 13.1. The molecule has 0 aromatic heterocycles. The first kappa shape index (κ1) is 16.2. The zero-order chi connectivity index (χ0) is 15.5. The third-order valence-corrected chi connectivity index (χ3v) is 5.13. The van der Waals surface area contributed by atoms with Crippen molar-refractivity contribution in [2.75, 3.05) is 26.7 Å². The summed E-state index contributed by atoms with van der Waals surface area (Å²) >= 11 is 0. The lowest BCUT2D eigenvalue weighted by atomic mass is 9.60. The van der Waals surface area contributed by atoms with Crippen molar-refractivity contribution in [3.8, 4) is 0 Å². The fraction of sp³-hybridized carbons (Fsp3) is 0.867. The molecule has 3 N–H and O–H groups in total. The molecule has 0 radical (unpaired) electrons. The lowest BCUT2D eigenvalue weighted by Gasteiger charge is -2.57. The number of nitrogens with one attached hydrogen (secondary N) is 1. The van der Waals surface area contributed by atoms with Gasteiger partial charge in [-0.3, -0.25) is 9.59 Å². The Labute approximate surface area is 126 Å². The lowest BCUT2D eigenvalue weighted by molar-refractivity contribution is -0.172. The summed E-state index contributed by atoms with van der Waals surface area (Å²) in [4.78, 5) is 25.2. The van der Waals surface area contributed by atoms with Crippen molar-refractivity contribution in [2.24, 2.45) is 11.1 Å². The van der Waals surface area contributed by atoms with Gasteiger partial charge in [0.1, 0.15) is 0 Å². The Morgan fingerprint density at radius 3 is 2.62 bits per heavy atom. The number of hydrogen-bond donors (Lipinski definition) is 2. The molecule has 2 fully saturated rings. The van der Waals surface area contributed by atoms with Crippen molar-refractivity contribution < 1.29 is 14.3 Å². The summed E-state index contributed by atoms with van der Waals surface area (Å²) in [5.74, 6) is -0.351. The van der Waals surface area contributed by atoms with Crippen molar-refractivity contribution in [3.05, 3.63) is 0 Å². The van der Waals surface area contributed by atoms with Crippen LogP contribution in [0.4, 0.5) is 0 Å². The van der Waals surface area contributed by atoms with E-state index >= 15 is 0 Å². The second kappa shape index (κ2) is 6.75. The summed E-state index contributed by atoms with van der Waals surface area (Å²) < 4.78 is 5.87. The molecule has 0 saturated heterocycles. The quantitative estimate of drug-likeness (QED) is 0.736. The smallest absolute Gasteiger partial charge is 0.241 e. The minimum absolute atomic E-state index is 0.0262. The third-order valence-electron chi connectivity index (χ3n) is 5.13. The number of ether oxygens (including phenoxy) is 1. The molecule has 0 aliphatic heterocycles. The molecule has 21 heavy (non-hydrogen) atoms. The highest BCUT2D eigenvalue weighted by molar-refractivity contribution is 5.85. The first-order valence-electron chi connectivity index (χ1n) is 7.89. The molecule has 2 aliphatic carbocycles. The normalized spacial score (nSPS) is 26.4. The minimum atomic E-state index is -0.298. The monoisotopic (exact) mass is 297 g/mol. The van der Waals surface area contributed by atoms with Gasteiger partial charge in [-0.2, -0.15) is 0 Å². The van der Waals surface area contributed by atoms with E-state index in [0.717, 1.165) is 25.9 Å². The van der Waals surface area contributed by atoms with E-state index in [4.69, 9.17) is 10.5 Å². The highest BCUT2D eigenvalue weighted by Crippen LogP contribution is 2.56. The molecule has 6 heteroatoms. The maximum Gasteiger partial charge on any atom is 0.241 e. The van der Waals surface area contributed by atoms with E-state index in [-0.39, 0.29) is 42.5 Å². The van der Waals surface area contributed by atoms with Gasteiger partial charge in [0.15, 0.2) is 0 Å². The van der Waals surface area contributed by atoms with E-state index in [0.29, 0.717) is 0 Å². The van der Waals surface area contributed by atoms with E-state index < -0.39 is 0 Å². The van der Waals surface area contributed by atoms with Gasteiger partial charge in [-0.15, -0.1) is 0 Å². The Hall–Kier alpha value is -1.14. The highest BCUT2D eigenvalue weighted by atomic mass is 16.5. The molecule has 2 saturated carbocycles. The van der Waals surface area contributed by atoms with Gasteiger partial charge in [-0.1, -0.05) is 12.8 Å². The number of rotatable bonds is 6. The van der Waals surface area contributed by atoms with Gasteiger partial charge >= 0.3 is 0 Å². The van der Waals surface area contributed by atoms with Crippen molar-refractivity contribution >= 4 is 11.8 Å². The van der Waals surface area contributed by atoms with Crippen LogP contribution in [0.5, 0.6) is 0 Å². The van der Waals surface area contributed by atoms with Crippen LogP contribution in [0.3, 0.4) is 0 Å². The van der Waals surface area contributed by atoms with Crippen molar-refractivity contribution in [1.29, 1.82) is 0 Å². The molecular formula is C15H27N3O3. The molecule has 2 rings (SSSR count). The van der Waals surface area contributed by atoms with Gasteiger partial charge < -0.3 is 20.7 Å². The molecule has 2 atom stereocenters. The van der Waals surface area contributed by atoms with E-state index in [1.807, 2.05) is 14.0 Å². The van der Waals surface area contributed by atoms with E-state index in [1.165, 1.54) is 12.8 Å². The van der Waals surface area contributed by atoms with Crippen LogP contribution in [0, 0.1) is 5.41 Å². The molecule has 0 aromatic rings. The average molecular weight is 297 g/mol. The predicted molar refractivity (Wildman–Crippen MR) is 79.6 cm³/mol. The van der Waals surface area contributed by atoms with Crippen LogP contribution < -0.4 is 11.1 Å². The van der Waals surface area contributed by atoms with Gasteiger partial charge in [-0.05, 0) is 26.2 Å². The van der Waals surface area contributed by atoms with Gasteiger partial charge in [-0.25, -0.2) is 0 Å². The molecule has 6 nitrogen and oxygen atoms in total. The van der Waals surface area contributed by atoms with Gasteiger partial charge in [0, 0.05) is 25.1 Å². The number of carbonyl (C=O) groups is 2. The fourth-order valence-corrected chi connectivity index (χ4v) is 3.94. The van der Waals surface area contributed by atoms with Crippen molar-refractivity contribution in [1.82, 2.24) is 10.2 Å². The molecule has 2 amide bonds. The number of nitrogens with two attached hydrogens (primary N) is 1. The Bertz CT molecular complexity index is 394. The Morgan fingerprint density at radius 1 is 1.38 bits per heavy atom. The van der Waals surface area contributed by atoms with Crippen molar-refractivity contribution in [2.45, 2.75) is 51.2 Å². The molecule has 2 unspecified atom stereocenters. The largest absolute Gasteiger partial charge is 0.378 e. The highest BCUT2D eigenvalue weighted by Gasteiger charge is 2.58. The van der Waals surface area contributed by atoms with E-state index in [9.17, 15) is 9.59 Å². The molecule has 120 valence electrons. The topological polar surface area (TPSA) is 84.7 Å². The number of carbonyl (C=O) groups excluding carboxylic acids is 2. The van der Waals surface area contributed by atoms with Crippen LogP contribution in [0.2, 0.25) is 0 Å². The molecular weight excluding hydrogens is 270 g/mol. The van der Waals surface area contributed by atoms with Crippen molar-refractivity contribution in [3.63, 3.8) is 0 Å². The lowest BCUT2D eigenvalue weighted by Crippen LogP contribution is -2.64. The zero-order valence-corrected chi connectivity index (χ0v) is 13.1.